The number of hydrogen-bond acceptors (Lipinski definition) is 3. The molecule has 130 valence electrons. The van der Waals surface area contributed by atoms with Gasteiger partial charge >= 0.3 is 0 Å². The number of fused-ring (bicyclic) bond motifs is 1. The SMILES string of the molecule is COc1cc(-c2nc3ccccn3c2Br)ccc1OCc1ccccc1. The Labute approximate surface area is 160 Å². The van der Waals surface area contributed by atoms with Gasteiger partial charge in [-0.05, 0) is 51.8 Å². The van der Waals surface area contributed by atoms with Gasteiger partial charge in [0.2, 0.25) is 0 Å². The van der Waals surface area contributed by atoms with Crippen LogP contribution >= 0.6 is 15.9 Å². The number of methoxy groups -OCH3 is 1. The fraction of sp³-hybridized carbons (Fsp3) is 0.0952. The minimum absolute atomic E-state index is 0.495. The van der Waals surface area contributed by atoms with Crippen LogP contribution < -0.4 is 9.47 Å². The van der Waals surface area contributed by atoms with Gasteiger partial charge in [-0.3, -0.25) is 4.40 Å². The third kappa shape index (κ3) is 3.18. The van der Waals surface area contributed by atoms with Gasteiger partial charge in [0.1, 0.15) is 22.6 Å². The van der Waals surface area contributed by atoms with E-state index in [1.807, 2.05) is 77.3 Å². The summed E-state index contributed by atoms with van der Waals surface area (Å²) < 4.78 is 14.4. The van der Waals surface area contributed by atoms with Crippen molar-refractivity contribution in [1.29, 1.82) is 0 Å². The van der Waals surface area contributed by atoms with Crippen LogP contribution in [0, 0.1) is 0 Å². The molecule has 0 aliphatic carbocycles. The van der Waals surface area contributed by atoms with Gasteiger partial charge in [-0.15, -0.1) is 0 Å². The van der Waals surface area contributed by atoms with Crippen LogP contribution in [0.4, 0.5) is 0 Å². The Hall–Kier alpha value is -2.79. The van der Waals surface area contributed by atoms with E-state index >= 15 is 0 Å². The summed E-state index contributed by atoms with van der Waals surface area (Å²) in [5.74, 6) is 1.39. The molecule has 26 heavy (non-hydrogen) atoms. The number of hydrogen-bond donors (Lipinski definition) is 0. The quantitative estimate of drug-likeness (QED) is 0.446. The second kappa shape index (κ2) is 7.22. The predicted molar refractivity (Wildman–Crippen MR) is 106 cm³/mol. The van der Waals surface area contributed by atoms with E-state index in [0.717, 1.165) is 27.1 Å². The average molecular weight is 409 g/mol. The average Bonchev–Trinajstić information content (AvgIpc) is 3.04. The first-order valence-corrected chi connectivity index (χ1v) is 9.03. The van der Waals surface area contributed by atoms with E-state index in [1.54, 1.807) is 7.11 Å². The number of ether oxygens (including phenoxy) is 2. The maximum atomic E-state index is 5.93. The van der Waals surface area contributed by atoms with Crippen LogP contribution in [-0.2, 0) is 6.61 Å². The molecular weight excluding hydrogens is 392 g/mol. The summed E-state index contributed by atoms with van der Waals surface area (Å²) in [5.41, 5.74) is 3.83. The smallest absolute Gasteiger partial charge is 0.161 e. The second-order valence-electron chi connectivity index (χ2n) is 5.82. The zero-order chi connectivity index (χ0) is 17.9. The first-order valence-electron chi connectivity index (χ1n) is 8.24. The van der Waals surface area contributed by atoms with E-state index in [2.05, 4.69) is 15.9 Å². The summed E-state index contributed by atoms with van der Waals surface area (Å²) in [6.45, 7) is 0.495. The maximum absolute atomic E-state index is 5.93. The normalized spacial score (nSPS) is 10.8. The first-order chi connectivity index (χ1) is 12.8. The highest BCUT2D eigenvalue weighted by Gasteiger charge is 2.14. The lowest BCUT2D eigenvalue weighted by Gasteiger charge is -2.12. The molecule has 0 spiro atoms. The number of nitrogens with zero attached hydrogens (tertiary/aromatic N) is 2. The van der Waals surface area contributed by atoms with Gasteiger partial charge < -0.3 is 9.47 Å². The third-order valence-electron chi connectivity index (χ3n) is 4.15. The zero-order valence-corrected chi connectivity index (χ0v) is 15.8. The molecule has 0 amide bonds. The van der Waals surface area contributed by atoms with E-state index < -0.39 is 0 Å². The van der Waals surface area contributed by atoms with Crippen molar-refractivity contribution >= 4 is 21.6 Å². The molecule has 0 fully saturated rings. The molecule has 4 nitrogen and oxygen atoms in total. The molecule has 0 N–H and O–H groups in total. The lowest BCUT2D eigenvalue weighted by molar-refractivity contribution is 0.284. The van der Waals surface area contributed by atoms with Crippen LogP contribution in [0.2, 0.25) is 0 Å². The zero-order valence-electron chi connectivity index (χ0n) is 14.2. The summed E-state index contributed by atoms with van der Waals surface area (Å²) in [6, 6.07) is 21.9. The third-order valence-corrected chi connectivity index (χ3v) is 4.90. The molecule has 5 heteroatoms. The molecule has 2 heterocycles. The van der Waals surface area contributed by atoms with E-state index in [9.17, 15) is 0 Å². The lowest BCUT2D eigenvalue weighted by Crippen LogP contribution is -1.97. The Balaban J connectivity index is 1.65. The van der Waals surface area contributed by atoms with Crippen LogP contribution in [0.3, 0.4) is 0 Å². The minimum atomic E-state index is 0.495. The number of aromatic nitrogens is 2. The summed E-state index contributed by atoms with van der Waals surface area (Å²) in [6.07, 6.45) is 1.98. The van der Waals surface area contributed by atoms with E-state index in [0.29, 0.717) is 18.1 Å². The van der Waals surface area contributed by atoms with Crippen LogP contribution in [0.25, 0.3) is 16.9 Å². The van der Waals surface area contributed by atoms with Gasteiger partial charge in [-0.2, -0.15) is 0 Å². The van der Waals surface area contributed by atoms with Gasteiger partial charge in [0, 0.05) is 11.8 Å². The Bertz CT molecular complexity index is 1040. The number of benzene rings is 2. The molecular formula is C21H17BrN2O2. The predicted octanol–water partition coefficient (Wildman–Crippen LogP) is 5.35. The van der Waals surface area contributed by atoms with Gasteiger partial charge in [0.15, 0.2) is 11.5 Å². The topological polar surface area (TPSA) is 35.8 Å². The molecule has 0 atom stereocenters. The standard InChI is InChI=1S/C21H17BrN2O2/c1-25-18-13-16(20-21(22)24-12-6-5-9-19(24)23-20)10-11-17(18)26-14-15-7-3-2-4-8-15/h2-13H,14H2,1H3. The summed E-state index contributed by atoms with van der Waals surface area (Å²) in [4.78, 5) is 4.70. The van der Waals surface area contributed by atoms with Crippen LogP contribution in [0.5, 0.6) is 11.5 Å². The van der Waals surface area contributed by atoms with Crippen molar-refractivity contribution < 1.29 is 9.47 Å². The van der Waals surface area contributed by atoms with Crippen molar-refractivity contribution in [2.24, 2.45) is 0 Å². The fourth-order valence-electron chi connectivity index (χ4n) is 2.82. The van der Waals surface area contributed by atoms with E-state index in [-0.39, 0.29) is 0 Å². The van der Waals surface area contributed by atoms with Crippen molar-refractivity contribution in [3.63, 3.8) is 0 Å². The Morgan fingerprint density at radius 2 is 1.77 bits per heavy atom. The molecule has 0 saturated carbocycles. The number of pyridine rings is 1. The number of imidazole rings is 1. The molecule has 0 saturated heterocycles. The van der Waals surface area contributed by atoms with Crippen molar-refractivity contribution in [2.75, 3.05) is 7.11 Å². The summed E-state index contributed by atoms with van der Waals surface area (Å²) in [7, 11) is 1.65. The Kier molecular flexibility index (Phi) is 4.63. The molecule has 2 aromatic heterocycles. The second-order valence-corrected chi connectivity index (χ2v) is 6.57. The van der Waals surface area contributed by atoms with E-state index in [4.69, 9.17) is 14.5 Å². The van der Waals surface area contributed by atoms with Gasteiger partial charge in [-0.25, -0.2) is 4.98 Å². The van der Waals surface area contributed by atoms with Gasteiger partial charge in [-0.1, -0.05) is 36.4 Å². The largest absolute Gasteiger partial charge is 0.493 e. The molecule has 4 aromatic rings. The first kappa shape index (κ1) is 16.7. The molecule has 0 aliphatic rings. The van der Waals surface area contributed by atoms with Gasteiger partial charge in [0.05, 0.1) is 7.11 Å². The highest BCUT2D eigenvalue weighted by atomic mass is 79.9. The molecule has 4 rings (SSSR count). The number of halogens is 1. The van der Waals surface area contributed by atoms with Crippen molar-refractivity contribution in [1.82, 2.24) is 9.38 Å². The van der Waals surface area contributed by atoms with Crippen molar-refractivity contribution in [3.05, 3.63) is 83.1 Å². The Morgan fingerprint density at radius 3 is 2.54 bits per heavy atom. The lowest BCUT2D eigenvalue weighted by atomic mass is 10.1. The highest BCUT2D eigenvalue weighted by Crippen LogP contribution is 2.35. The van der Waals surface area contributed by atoms with E-state index in [1.165, 1.54) is 0 Å². The fourth-order valence-corrected chi connectivity index (χ4v) is 3.44. The molecule has 0 unspecified atom stereocenters. The monoisotopic (exact) mass is 408 g/mol. The van der Waals surface area contributed by atoms with Crippen LogP contribution in [0.15, 0.2) is 77.5 Å². The maximum Gasteiger partial charge on any atom is 0.161 e. The highest BCUT2D eigenvalue weighted by molar-refractivity contribution is 9.10. The van der Waals surface area contributed by atoms with Crippen LogP contribution in [-0.4, -0.2) is 16.5 Å². The molecule has 0 radical (unpaired) electrons. The van der Waals surface area contributed by atoms with Crippen LogP contribution in [0.1, 0.15) is 5.56 Å². The molecule has 2 aromatic carbocycles. The number of rotatable bonds is 5. The van der Waals surface area contributed by atoms with Gasteiger partial charge in [0.25, 0.3) is 0 Å². The van der Waals surface area contributed by atoms with Crippen molar-refractivity contribution in [3.8, 4) is 22.8 Å². The molecule has 0 bridgehead atoms. The Morgan fingerprint density at radius 1 is 0.962 bits per heavy atom. The summed E-state index contributed by atoms with van der Waals surface area (Å²) >= 11 is 3.64. The summed E-state index contributed by atoms with van der Waals surface area (Å²) in [5, 5.41) is 0. The minimum Gasteiger partial charge on any atom is -0.493 e. The molecule has 0 aliphatic heterocycles. The van der Waals surface area contributed by atoms with Crippen molar-refractivity contribution in [2.45, 2.75) is 6.61 Å².